The SMILES string of the molecule is COc1cc(OC)cc(C(=O)Nc2cc(S(=O)(=O)N3CCCC3)ccc2O)c1. The van der Waals surface area contributed by atoms with E-state index in [1.807, 2.05) is 0 Å². The van der Waals surface area contributed by atoms with Crippen LogP contribution in [0.3, 0.4) is 0 Å². The molecule has 1 amide bonds. The number of anilines is 1. The second kappa shape index (κ2) is 8.07. The summed E-state index contributed by atoms with van der Waals surface area (Å²) in [6, 6.07) is 8.49. The van der Waals surface area contributed by atoms with Gasteiger partial charge in [-0.1, -0.05) is 0 Å². The Bertz CT molecular complexity index is 962. The van der Waals surface area contributed by atoms with Crippen LogP contribution in [-0.2, 0) is 10.0 Å². The molecule has 150 valence electrons. The van der Waals surface area contributed by atoms with E-state index in [-0.39, 0.29) is 21.9 Å². The summed E-state index contributed by atoms with van der Waals surface area (Å²) in [5.41, 5.74) is 0.246. The van der Waals surface area contributed by atoms with Gasteiger partial charge in [-0.15, -0.1) is 0 Å². The third-order valence-electron chi connectivity index (χ3n) is 4.53. The van der Waals surface area contributed by atoms with Crippen molar-refractivity contribution in [3.63, 3.8) is 0 Å². The summed E-state index contributed by atoms with van der Waals surface area (Å²) in [5, 5.41) is 12.6. The molecule has 0 spiro atoms. The maximum absolute atomic E-state index is 12.7. The predicted octanol–water partition coefficient (Wildman–Crippen LogP) is 2.45. The number of phenols is 1. The minimum Gasteiger partial charge on any atom is -0.506 e. The van der Waals surface area contributed by atoms with E-state index in [0.717, 1.165) is 12.8 Å². The maximum atomic E-state index is 12.7. The smallest absolute Gasteiger partial charge is 0.256 e. The zero-order valence-corrected chi connectivity index (χ0v) is 16.5. The molecule has 0 radical (unpaired) electrons. The number of nitrogens with one attached hydrogen (secondary N) is 1. The molecule has 9 heteroatoms. The first kappa shape index (κ1) is 20.0. The number of aromatic hydroxyl groups is 1. The average Bonchev–Trinajstić information content (AvgIpc) is 3.24. The summed E-state index contributed by atoms with van der Waals surface area (Å²) in [6.07, 6.45) is 1.64. The Hall–Kier alpha value is -2.78. The normalized spacial score (nSPS) is 14.6. The largest absolute Gasteiger partial charge is 0.506 e. The van der Waals surface area contributed by atoms with Crippen molar-refractivity contribution in [1.29, 1.82) is 0 Å². The number of hydrogen-bond donors (Lipinski definition) is 2. The van der Waals surface area contributed by atoms with Crippen LogP contribution in [0, 0.1) is 0 Å². The number of hydrogen-bond acceptors (Lipinski definition) is 6. The van der Waals surface area contributed by atoms with Gasteiger partial charge in [-0.05, 0) is 43.2 Å². The summed E-state index contributed by atoms with van der Waals surface area (Å²) < 4.78 is 37.1. The monoisotopic (exact) mass is 406 g/mol. The van der Waals surface area contributed by atoms with Gasteiger partial charge in [0.1, 0.15) is 17.2 Å². The van der Waals surface area contributed by atoms with E-state index in [9.17, 15) is 18.3 Å². The Morgan fingerprint density at radius 3 is 2.21 bits per heavy atom. The predicted molar refractivity (Wildman–Crippen MR) is 104 cm³/mol. The summed E-state index contributed by atoms with van der Waals surface area (Å²) in [5.74, 6) is 0.0879. The topological polar surface area (TPSA) is 105 Å². The number of benzene rings is 2. The molecule has 2 aromatic rings. The van der Waals surface area contributed by atoms with Crippen molar-refractivity contribution in [2.45, 2.75) is 17.7 Å². The van der Waals surface area contributed by atoms with Crippen molar-refractivity contribution in [3.8, 4) is 17.2 Å². The molecule has 0 aromatic heterocycles. The van der Waals surface area contributed by atoms with Gasteiger partial charge in [-0.25, -0.2) is 8.42 Å². The number of carbonyl (C=O) groups excluding carboxylic acids is 1. The van der Waals surface area contributed by atoms with Crippen LogP contribution in [0.4, 0.5) is 5.69 Å². The van der Waals surface area contributed by atoms with Gasteiger partial charge in [0.15, 0.2) is 0 Å². The molecule has 8 nitrogen and oxygen atoms in total. The number of methoxy groups -OCH3 is 2. The molecule has 0 unspecified atom stereocenters. The van der Waals surface area contributed by atoms with Crippen molar-refractivity contribution >= 4 is 21.6 Å². The van der Waals surface area contributed by atoms with Crippen LogP contribution in [0.25, 0.3) is 0 Å². The highest BCUT2D eigenvalue weighted by Crippen LogP contribution is 2.30. The molecule has 0 saturated carbocycles. The first-order valence-electron chi connectivity index (χ1n) is 8.73. The lowest BCUT2D eigenvalue weighted by atomic mass is 10.1. The zero-order valence-electron chi connectivity index (χ0n) is 15.6. The number of sulfonamides is 1. The molecule has 1 heterocycles. The third-order valence-corrected chi connectivity index (χ3v) is 6.43. The Kier molecular flexibility index (Phi) is 5.76. The lowest BCUT2D eigenvalue weighted by Gasteiger charge is -2.17. The fraction of sp³-hybridized carbons (Fsp3) is 0.316. The van der Waals surface area contributed by atoms with Gasteiger partial charge in [0.25, 0.3) is 5.91 Å². The van der Waals surface area contributed by atoms with Gasteiger partial charge >= 0.3 is 0 Å². The molecule has 0 atom stereocenters. The first-order chi connectivity index (χ1) is 13.3. The fourth-order valence-corrected chi connectivity index (χ4v) is 4.53. The van der Waals surface area contributed by atoms with E-state index in [0.29, 0.717) is 24.6 Å². The van der Waals surface area contributed by atoms with Crippen molar-refractivity contribution in [3.05, 3.63) is 42.0 Å². The summed E-state index contributed by atoms with van der Waals surface area (Å²) >= 11 is 0. The molecule has 0 bridgehead atoms. The minimum absolute atomic E-state index is 0.00654. The zero-order chi connectivity index (χ0) is 20.3. The van der Waals surface area contributed by atoms with Gasteiger partial charge in [-0.2, -0.15) is 4.31 Å². The molecular weight excluding hydrogens is 384 g/mol. The van der Waals surface area contributed by atoms with Crippen LogP contribution in [0.1, 0.15) is 23.2 Å². The number of nitrogens with zero attached hydrogens (tertiary/aromatic N) is 1. The highest BCUT2D eigenvalue weighted by molar-refractivity contribution is 7.89. The van der Waals surface area contributed by atoms with Gasteiger partial charge in [-0.3, -0.25) is 4.79 Å². The van der Waals surface area contributed by atoms with Crippen LogP contribution in [0.2, 0.25) is 0 Å². The van der Waals surface area contributed by atoms with E-state index in [4.69, 9.17) is 9.47 Å². The Morgan fingerprint density at radius 1 is 1.04 bits per heavy atom. The number of carbonyl (C=O) groups is 1. The van der Waals surface area contributed by atoms with E-state index in [1.54, 1.807) is 6.07 Å². The molecule has 1 saturated heterocycles. The van der Waals surface area contributed by atoms with Crippen LogP contribution >= 0.6 is 0 Å². The maximum Gasteiger partial charge on any atom is 0.256 e. The molecule has 28 heavy (non-hydrogen) atoms. The summed E-state index contributed by atoms with van der Waals surface area (Å²) in [6.45, 7) is 0.934. The van der Waals surface area contributed by atoms with Crippen LogP contribution in [0.5, 0.6) is 17.2 Å². The van der Waals surface area contributed by atoms with Crippen LogP contribution in [0.15, 0.2) is 41.3 Å². The Balaban J connectivity index is 1.89. The molecule has 1 fully saturated rings. The molecule has 1 aliphatic heterocycles. The second-order valence-electron chi connectivity index (χ2n) is 6.35. The molecule has 3 rings (SSSR count). The molecule has 2 N–H and O–H groups in total. The Labute approximate surface area is 163 Å². The first-order valence-corrected chi connectivity index (χ1v) is 10.2. The number of rotatable bonds is 6. The molecule has 1 aliphatic rings. The van der Waals surface area contributed by atoms with Crippen molar-refractivity contribution in [2.75, 3.05) is 32.6 Å². The van der Waals surface area contributed by atoms with Crippen LogP contribution in [-0.4, -0.2) is 51.0 Å². The summed E-state index contributed by atoms with van der Waals surface area (Å²) in [4.78, 5) is 12.6. The van der Waals surface area contributed by atoms with Gasteiger partial charge in [0.05, 0.1) is 24.8 Å². The van der Waals surface area contributed by atoms with Gasteiger partial charge in [0.2, 0.25) is 10.0 Å². The minimum atomic E-state index is -3.67. The quantitative estimate of drug-likeness (QED) is 0.714. The summed E-state index contributed by atoms with van der Waals surface area (Å²) in [7, 11) is -0.734. The number of ether oxygens (including phenoxy) is 2. The van der Waals surface area contributed by atoms with Crippen molar-refractivity contribution in [2.24, 2.45) is 0 Å². The average molecular weight is 406 g/mol. The lowest BCUT2D eigenvalue weighted by Crippen LogP contribution is -2.28. The van der Waals surface area contributed by atoms with Gasteiger partial charge in [0, 0.05) is 24.7 Å². The Morgan fingerprint density at radius 2 is 1.64 bits per heavy atom. The number of phenolic OH excluding ortho intramolecular Hbond substituents is 1. The van der Waals surface area contributed by atoms with Crippen molar-refractivity contribution < 1.29 is 27.8 Å². The second-order valence-corrected chi connectivity index (χ2v) is 8.28. The lowest BCUT2D eigenvalue weighted by molar-refractivity contribution is 0.102. The fourth-order valence-electron chi connectivity index (χ4n) is 2.99. The van der Waals surface area contributed by atoms with E-state index in [1.165, 1.54) is 48.9 Å². The number of amides is 1. The van der Waals surface area contributed by atoms with Crippen molar-refractivity contribution in [1.82, 2.24) is 4.31 Å². The standard InChI is InChI=1S/C19H22N2O6S/c1-26-14-9-13(10-15(11-14)27-2)19(23)20-17-12-16(5-6-18(17)22)28(24,25)21-7-3-4-8-21/h5-6,9-12,22H,3-4,7-8H2,1-2H3,(H,20,23). The molecule has 0 aliphatic carbocycles. The van der Waals surface area contributed by atoms with Crippen LogP contribution < -0.4 is 14.8 Å². The molecule has 2 aromatic carbocycles. The molecular formula is C19H22N2O6S. The van der Waals surface area contributed by atoms with E-state index in [2.05, 4.69) is 5.32 Å². The highest BCUT2D eigenvalue weighted by Gasteiger charge is 2.28. The van der Waals surface area contributed by atoms with Gasteiger partial charge < -0.3 is 19.9 Å². The van der Waals surface area contributed by atoms with E-state index < -0.39 is 15.9 Å². The third kappa shape index (κ3) is 4.05. The van der Waals surface area contributed by atoms with E-state index >= 15 is 0 Å². The highest BCUT2D eigenvalue weighted by atomic mass is 32.2.